The summed E-state index contributed by atoms with van der Waals surface area (Å²) in [5.74, 6) is -0.981. The van der Waals surface area contributed by atoms with Crippen LogP contribution < -0.4 is 0 Å². The van der Waals surface area contributed by atoms with Crippen LogP contribution in [0, 0.1) is 0 Å². The molecule has 0 heterocycles. The van der Waals surface area contributed by atoms with Crippen LogP contribution in [0.2, 0.25) is 0 Å². The minimum atomic E-state index is -0.981. The number of aliphatic hydroxyl groups excluding tert-OH is 2. The van der Waals surface area contributed by atoms with Gasteiger partial charge in [0, 0.05) is 19.3 Å². The highest BCUT2D eigenvalue weighted by Gasteiger charge is 1.94. The average molecular weight is 373 g/mol. The molecule has 0 aromatic rings. The molecule has 0 bridgehead atoms. The minimum Gasteiger partial charge on any atom is -0.478 e. The van der Waals surface area contributed by atoms with Gasteiger partial charge in [-0.05, 0) is 12.8 Å². The van der Waals surface area contributed by atoms with Crippen LogP contribution in [0.3, 0.4) is 0 Å². The smallest absolute Gasteiger partial charge is 0.327 e. The fourth-order valence-electron chi connectivity index (χ4n) is 2.88. The summed E-state index contributed by atoms with van der Waals surface area (Å²) in [6, 6.07) is 0. The van der Waals surface area contributed by atoms with E-state index in [1.54, 1.807) is 0 Å². The molecule has 156 valence electrons. The third kappa shape index (κ3) is 31.0. The van der Waals surface area contributed by atoms with Gasteiger partial charge in [-0.25, -0.2) is 4.79 Å². The Morgan fingerprint density at radius 1 is 0.538 bits per heavy atom. The molecule has 0 aliphatic heterocycles. The van der Waals surface area contributed by atoms with Crippen molar-refractivity contribution in [2.75, 3.05) is 13.2 Å². The summed E-state index contributed by atoms with van der Waals surface area (Å²) in [6.07, 6.45) is 23.2. The summed E-state index contributed by atoms with van der Waals surface area (Å²) in [6.45, 7) is 3.69. The molecule has 0 amide bonds. The maximum Gasteiger partial charge on any atom is 0.327 e. The third-order valence-electron chi connectivity index (χ3n) is 4.49. The zero-order valence-electron chi connectivity index (χ0n) is 17.0. The van der Waals surface area contributed by atoms with Gasteiger partial charge in [-0.2, -0.15) is 0 Å². The van der Waals surface area contributed by atoms with Crippen LogP contribution in [0.15, 0.2) is 12.7 Å². The lowest BCUT2D eigenvalue weighted by Crippen LogP contribution is -1.85. The monoisotopic (exact) mass is 372 g/mol. The largest absolute Gasteiger partial charge is 0.478 e. The molecule has 26 heavy (non-hydrogen) atoms. The summed E-state index contributed by atoms with van der Waals surface area (Å²) in [5.41, 5.74) is 0. The van der Waals surface area contributed by atoms with Gasteiger partial charge >= 0.3 is 5.97 Å². The molecule has 4 nitrogen and oxygen atoms in total. The van der Waals surface area contributed by atoms with Gasteiger partial charge in [0.1, 0.15) is 0 Å². The lowest BCUT2D eigenvalue weighted by Gasteiger charge is -2.03. The first-order valence-electron chi connectivity index (χ1n) is 10.8. The van der Waals surface area contributed by atoms with Crippen molar-refractivity contribution in [3.05, 3.63) is 12.7 Å². The fourth-order valence-corrected chi connectivity index (χ4v) is 2.88. The van der Waals surface area contributed by atoms with Crippen LogP contribution in [0.1, 0.15) is 109 Å². The minimum absolute atomic E-state index is 0.364. The van der Waals surface area contributed by atoms with Gasteiger partial charge in [-0.3, -0.25) is 0 Å². The van der Waals surface area contributed by atoms with Crippen molar-refractivity contribution >= 4 is 5.97 Å². The topological polar surface area (TPSA) is 77.8 Å². The maximum absolute atomic E-state index is 9.25. The quantitative estimate of drug-likeness (QED) is 0.196. The Morgan fingerprint density at radius 2 is 0.692 bits per heavy atom. The number of aliphatic carboxylic acids is 1. The number of hydrogen-bond donors (Lipinski definition) is 3. The molecule has 0 atom stereocenters. The van der Waals surface area contributed by atoms with Gasteiger partial charge in [0.15, 0.2) is 0 Å². The number of unbranched alkanes of at least 4 members (excludes halogenated alkanes) is 16. The van der Waals surface area contributed by atoms with Gasteiger partial charge in [0.05, 0.1) is 0 Å². The third-order valence-corrected chi connectivity index (χ3v) is 4.49. The van der Waals surface area contributed by atoms with Crippen LogP contribution in [0.25, 0.3) is 0 Å². The zero-order valence-corrected chi connectivity index (χ0v) is 17.0. The van der Waals surface area contributed by atoms with Crippen molar-refractivity contribution < 1.29 is 20.1 Å². The molecule has 0 aliphatic rings. The average Bonchev–Trinajstić information content (AvgIpc) is 2.64. The van der Waals surface area contributed by atoms with Crippen LogP contribution in [-0.2, 0) is 4.79 Å². The summed E-state index contributed by atoms with van der Waals surface area (Å²) < 4.78 is 0. The first-order chi connectivity index (χ1) is 12.7. The van der Waals surface area contributed by atoms with Gasteiger partial charge in [-0.15, -0.1) is 0 Å². The van der Waals surface area contributed by atoms with Crippen molar-refractivity contribution in [3.63, 3.8) is 0 Å². The summed E-state index contributed by atoms with van der Waals surface area (Å²) in [7, 11) is 0. The molecule has 0 saturated carbocycles. The lowest BCUT2D eigenvalue weighted by atomic mass is 10.0. The number of carboxylic acid groups (broad SMARTS) is 1. The first-order valence-corrected chi connectivity index (χ1v) is 10.8. The molecule has 0 aromatic carbocycles. The van der Waals surface area contributed by atoms with Crippen LogP contribution >= 0.6 is 0 Å². The van der Waals surface area contributed by atoms with E-state index >= 15 is 0 Å². The molecule has 0 saturated heterocycles. The summed E-state index contributed by atoms with van der Waals surface area (Å²) in [5, 5.41) is 25.0. The van der Waals surface area contributed by atoms with E-state index in [-0.39, 0.29) is 0 Å². The predicted molar refractivity (Wildman–Crippen MR) is 110 cm³/mol. The van der Waals surface area contributed by atoms with Crippen LogP contribution in [0.5, 0.6) is 0 Å². The zero-order chi connectivity index (χ0) is 19.7. The summed E-state index contributed by atoms with van der Waals surface area (Å²) in [4.78, 5) is 9.25. The first kappa shape index (κ1) is 27.3. The lowest BCUT2D eigenvalue weighted by molar-refractivity contribution is -0.131. The Bertz CT molecular complexity index is 261. The molecular formula is C22H44O4. The normalized spacial score (nSPS) is 10.2. The van der Waals surface area contributed by atoms with E-state index in [0.29, 0.717) is 13.2 Å². The maximum atomic E-state index is 9.25. The second-order valence-electron chi connectivity index (χ2n) is 7.00. The van der Waals surface area contributed by atoms with E-state index in [1.807, 2.05) is 0 Å². The van der Waals surface area contributed by atoms with Gasteiger partial charge in [-0.1, -0.05) is 103 Å². The number of hydrogen-bond acceptors (Lipinski definition) is 3. The van der Waals surface area contributed by atoms with Crippen molar-refractivity contribution in [1.29, 1.82) is 0 Å². The van der Waals surface area contributed by atoms with E-state index in [4.69, 9.17) is 15.3 Å². The van der Waals surface area contributed by atoms with Gasteiger partial charge in [0.2, 0.25) is 0 Å². The Labute approximate surface area is 161 Å². The molecule has 0 unspecified atom stereocenters. The summed E-state index contributed by atoms with van der Waals surface area (Å²) >= 11 is 0. The fraction of sp³-hybridized carbons (Fsp3) is 0.864. The standard InChI is InChI=1S/C19H40O2.C3H4O2/c20-18-16-14-12-10-8-6-4-2-1-3-5-7-9-11-13-15-17-19-21;1-2-3(4)5/h20-21H,1-19H2;2H,1H2,(H,4,5). The van der Waals surface area contributed by atoms with Crippen LogP contribution in [0.4, 0.5) is 0 Å². The Kier molecular flexibility index (Phi) is 27.7. The van der Waals surface area contributed by atoms with E-state index in [2.05, 4.69) is 6.58 Å². The molecular weight excluding hydrogens is 328 g/mol. The van der Waals surface area contributed by atoms with Crippen LogP contribution in [-0.4, -0.2) is 34.5 Å². The van der Waals surface area contributed by atoms with Gasteiger partial charge in [0.25, 0.3) is 0 Å². The molecule has 0 spiro atoms. The Morgan fingerprint density at radius 3 is 0.808 bits per heavy atom. The predicted octanol–water partition coefficient (Wildman–Crippen LogP) is 5.86. The molecule has 0 rings (SSSR count). The highest BCUT2D eigenvalue weighted by molar-refractivity contribution is 5.78. The van der Waals surface area contributed by atoms with E-state index in [0.717, 1.165) is 18.9 Å². The molecule has 0 radical (unpaired) electrons. The van der Waals surface area contributed by atoms with Crippen molar-refractivity contribution in [2.24, 2.45) is 0 Å². The van der Waals surface area contributed by atoms with E-state index in [1.165, 1.54) is 96.3 Å². The SMILES string of the molecule is C=CC(=O)O.OCCCCCCCCCCCCCCCCCCCO. The van der Waals surface area contributed by atoms with E-state index < -0.39 is 5.97 Å². The highest BCUT2D eigenvalue weighted by Crippen LogP contribution is 2.13. The molecule has 0 aliphatic carbocycles. The number of carboxylic acids is 1. The van der Waals surface area contributed by atoms with Crippen molar-refractivity contribution in [1.82, 2.24) is 0 Å². The number of carbonyl (C=O) groups is 1. The van der Waals surface area contributed by atoms with Crippen molar-refractivity contribution in [2.45, 2.75) is 109 Å². The second-order valence-corrected chi connectivity index (χ2v) is 7.00. The Hall–Kier alpha value is -0.870. The van der Waals surface area contributed by atoms with Gasteiger partial charge < -0.3 is 15.3 Å². The molecule has 3 N–H and O–H groups in total. The molecule has 4 heteroatoms. The van der Waals surface area contributed by atoms with Crippen molar-refractivity contribution in [3.8, 4) is 0 Å². The van der Waals surface area contributed by atoms with E-state index in [9.17, 15) is 4.79 Å². The number of aliphatic hydroxyl groups is 2. The molecule has 0 aromatic heterocycles. The molecule has 0 fully saturated rings. The second kappa shape index (κ2) is 26.4. The number of rotatable bonds is 19. The highest BCUT2D eigenvalue weighted by atomic mass is 16.4. The Balaban J connectivity index is 0.